The van der Waals surface area contributed by atoms with E-state index in [2.05, 4.69) is 5.10 Å². The van der Waals surface area contributed by atoms with Gasteiger partial charge in [0.25, 0.3) is 11.8 Å². The minimum Gasteiger partial charge on any atom is -0.369 e. The molecule has 1 aliphatic rings. The molecule has 0 aliphatic carbocycles. The molecule has 0 saturated carbocycles. The summed E-state index contributed by atoms with van der Waals surface area (Å²) >= 11 is 0. The van der Waals surface area contributed by atoms with Gasteiger partial charge >= 0.3 is 0 Å². The number of primary amides is 1. The topological polar surface area (TPSA) is 98.3 Å². The van der Waals surface area contributed by atoms with Crippen molar-refractivity contribution in [2.24, 2.45) is 5.73 Å². The number of nitrogens with zero attached hydrogens (tertiary/aromatic N) is 3. The predicted molar refractivity (Wildman–Crippen MR) is 98.2 cm³/mol. The monoisotopic (exact) mass is 396 g/mol. The van der Waals surface area contributed by atoms with Crippen LogP contribution >= 0.6 is 0 Å². The number of carbonyl (C=O) groups excluding carboxylic acids is 3. The molecule has 4 rings (SSSR count). The van der Waals surface area contributed by atoms with Crippen LogP contribution in [0, 0.1) is 11.6 Å². The Bertz CT molecular complexity index is 1140. The van der Waals surface area contributed by atoms with E-state index in [4.69, 9.17) is 5.73 Å². The van der Waals surface area contributed by atoms with Gasteiger partial charge in [-0.15, -0.1) is 0 Å². The zero-order valence-electron chi connectivity index (χ0n) is 14.9. The first-order chi connectivity index (χ1) is 13.9. The smallest absolute Gasteiger partial charge is 0.267 e. The van der Waals surface area contributed by atoms with Crippen LogP contribution in [0.4, 0.5) is 14.6 Å². The summed E-state index contributed by atoms with van der Waals surface area (Å²) in [5.41, 5.74) is 5.29. The number of carbonyl (C=O) groups is 3. The fraction of sp³-hybridized carbons (Fsp3) is 0.100. The molecule has 2 N–H and O–H groups in total. The van der Waals surface area contributed by atoms with Crippen molar-refractivity contribution in [3.63, 3.8) is 0 Å². The van der Waals surface area contributed by atoms with Crippen LogP contribution in [0.15, 0.2) is 48.7 Å². The molecule has 146 valence electrons. The number of benzene rings is 2. The summed E-state index contributed by atoms with van der Waals surface area (Å²) < 4.78 is 29.9. The number of rotatable bonds is 5. The zero-order chi connectivity index (χ0) is 20.7. The SMILES string of the molecule is NC(=O)Cc1ccc(F)c(Cn2ccc(N3C(=O)c4ccccc4C3=O)n2)c1F. The summed E-state index contributed by atoms with van der Waals surface area (Å²) in [4.78, 5) is 37.0. The van der Waals surface area contributed by atoms with E-state index in [1.165, 1.54) is 16.9 Å². The highest BCUT2D eigenvalue weighted by Gasteiger charge is 2.37. The van der Waals surface area contributed by atoms with E-state index in [0.29, 0.717) is 0 Å². The van der Waals surface area contributed by atoms with Crippen LogP contribution in [-0.2, 0) is 17.8 Å². The number of hydrogen-bond donors (Lipinski definition) is 1. The number of amides is 3. The van der Waals surface area contributed by atoms with Gasteiger partial charge in [0.1, 0.15) is 11.6 Å². The number of anilines is 1. The normalized spacial score (nSPS) is 13.1. The van der Waals surface area contributed by atoms with Crippen molar-refractivity contribution in [1.82, 2.24) is 9.78 Å². The molecule has 9 heteroatoms. The van der Waals surface area contributed by atoms with Crippen LogP contribution in [0.5, 0.6) is 0 Å². The third-order valence-corrected chi connectivity index (χ3v) is 4.60. The van der Waals surface area contributed by atoms with E-state index in [1.54, 1.807) is 24.3 Å². The molecule has 2 aromatic carbocycles. The lowest BCUT2D eigenvalue weighted by atomic mass is 10.1. The second-order valence-electron chi connectivity index (χ2n) is 6.50. The lowest BCUT2D eigenvalue weighted by Crippen LogP contribution is -2.30. The molecule has 0 spiro atoms. The minimum absolute atomic E-state index is 0.0263. The molecule has 1 aliphatic heterocycles. The second-order valence-corrected chi connectivity index (χ2v) is 6.50. The Morgan fingerprint density at radius 1 is 1.00 bits per heavy atom. The molecule has 29 heavy (non-hydrogen) atoms. The van der Waals surface area contributed by atoms with Gasteiger partial charge < -0.3 is 5.73 Å². The fourth-order valence-corrected chi connectivity index (χ4v) is 3.23. The molecule has 0 bridgehead atoms. The van der Waals surface area contributed by atoms with Crippen molar-refractivity contribution in [2.75, 3.05) is 4.90 Å². The van der Waals surface area contributed by atoms with Gasteiger partial charge in [-0.3, -0.25) is 19.1 Å². The van der Waals surface area contributed by atoms with Gasteiger partial charge in [0.05, 0.1) is 24.1 Å². The van der Waals surface area contributed by atoms with E-state index < -0.39 is 29.4 Å². The highest BCUT2D eigenvalue weighted by atomic mass is 19.1. The van der Waals surface area contributed by atoms with Crippen LogP contribution < -0.4 is 10.6 Å². The molecule has 3 aromatic rings. The Morgan fingerprint density at radius 3 is 2.28 bits per heavy atom. The lowest BCUT2D eigenvalue weighted by molar-refractivity contribution is -0.117. The van der Waals surface area contributed by atoms with Gasteiger partial charge in [-0.05, 0) is 23.8 Å². The van der Waals surface area contributed by atoms with Crippen molar-refractivity contribution in [3.05, 3.63) is 82.5 Å². The van der Waals surface area contributed by atoms with Gasteiger partial charge in [0.15, 0.2) is 5.82 Å². The quantitative estimate of drug-likeness (QED) is 0.667. The van der Waals surface area contributed by atoms with Crippen molar-refractivity contribution >= 4 is 23.5 Å². The van der Waals surface area contributed by atoms with Gasteiger partial charge in [0.2, 0.25) is 5.91 Å². The maximum Gasteiger partial charge on any atom is 0.267 e. The van der Waals surface area contributed by atoms with Crippen LogP contribution in [0.2, 0.25) is 0 Å². The standard InChI is InChI=1S/C20H14F2N4O3/c21-15-6-5-11(9-16(23)27)18(22)14(15)10-25-8-7-17(24-25)26-19(28)12-3-1-2-4-13(12)20(26)29/h1-8H,9-10H2,(H2,23,27). The molecule has 0 fully saturated rings. The minimum atomic E-state index is -0.887. The summed E-state index contributed by atoms with van der Waals surface area (Å²) in [6, 6.07) is 10.00. The number of nitrogens with two attached hydrogens (primary N) is 1. The number of hydrogen-bond acceptors (Lipinski definition) is 4. The average molecular weight is 396 g/mol. The number of imide groups is 1. The summed E-state index contributed by atoms with van der Waals surface area (Å²) in [6.45, 7) is -0.298. The summed E-state index contributed by atoms with van der Waals surface area (Å²) in [6.07, 6.45) is 1.04. The maximum atomic E-state index is 14.6. The number of aromatic nitrogens is 2. The van der Waals surface area contributed by atoms with E-state index in [-0.39, 0.29) is 41.0 Å². The summed E-state index contributed by atoms with van der Waals surface area (Å²) in [5, 5.41) is 4.12. The van der Waals surface area contributed by atoms with Crippen LogP contribution in [0.1, 0.15) is 31.8 Å². The van der Waals surface area contributed by atoms with Crippen LogP contribution in [0.3, 0.4) is 0 Å². The van der Waals surface area contributed by atoms with E-state index in [0.717, 1.165) is 17.0 Å². The van der Waals surface area contributed by atoms with Gasteiger partial charge in [0, 0.05) is 17.8 Å². The highest BCUT2D eigenvalue weighted by Crippen LogP contribution is 2.27. The first-order valence-corrected chi connectivity index (χ1v) is 8.62. The molecule has 0 unspecified atom stereocenters. The third kappa shape index (κ3) is 3.16. The van der Waals surface area contributed by atoms with E-state index in [9.17, 15) is 23.2 Å². The highest BCUT2D eigenvalue weighted by molar-refractivity contribution is 6.34. The van der Waals surface area contributed by atoms with E-state index >= 15 is 0 Å². The number of fused-ring (bicyclic) bond motifs is 1. The average Bonchev–Trinajstić information content (AvgIpc) is 3.24. The third-order valence-electron chi connectivity index (χ3n) is 4.60. The Kier molecular flexibility index (Phi) is 4.42. The number of halogens is 2. The molecular formula is C20H14F2N4O3. The van der Waals surface area contributed by atoms with Gasteiger partial charge in [-0.2, -0.15) is 5.10 Å². The van der Waals surface area contributed by atoms with Gasteiger partial charge in [-0.1, -0.05) is 18.2 Å². The molecule has 0 radical (unpaired) electrons. The summed E-state index contributed by atoms with van der Waals surface area (Å²) in [7, 11) is 0. The predicted octanol–water partition coefficient (Wildman–Crippen LogP) is 2.04. The first kappa shape index (κ1) is 18.5. The molecule has 0 saturated heterocycles. The summed E-state index contributed by atoms with van der Waals surface area (Å²) in [5.74, 6) is -3.43. The van der Waals surface area contributed by atoms with E-state index in [1.807, 2.05) is 0 Å². The molecule has 3 amide bonds. The lowest BCUT2D eigenvalue weighted by Gasteiger charge is -2.11. The largest absolute Gasteiger partial charge is 0.369 e. The second kappa shape index (κ2) is 6.93. The fourth-order valence-electron chi connectivity index (χ4n) is 3.23. The maximum absolute atomic E-state index is 14.6. The van der Waals surface area contributed by atoms with Crippen molar-refractivity contribution in [1.29, 1.82) is 0 Å². The molecule has 1 aromatic heterocycles. The van der Waals surface area contributed by atoms with Crippen molar-refractivity contribution in [3.8, 4) is 0 Å². The Hall–Kier alpha value is -3.88. The van der Waals surface area contributed by atoms with Crippen LogP contribution in [-0.4, -0.2) is 27.5 Å². The molecule has 2 heterocycles. The Labute approximate surface area is 163 Å². The van der Waals surface area contributed by atoms with Crippen LogP contribution in [0.25, 0.3) is 0 Å². The zero-order valence-corrected chi connectivity index (χ0v) is 14.9. The van der Waals surface area contributed by atoms with Crippen molar-refractivity contribution < 1.29 is 23.2 Å². The first-order valence-electron chi connectivity index (χ1n) is 8.62. The molecule has 7 nitrogen and oxygen atoms in total. The van der Waals surface area contributed by atoms with Gasteiger partial charge in [-0.25, -0.2) is 13.7 Å². The van der Waals surface area contributed by atoms with Crippen molar-refractivity contribution in [2.45, 2.75) is 13.0 Å². The Balaban J connectivity index is 1.63. The Morgan fingerprint density at radius 2 is 1.66 bits per heavy atom. The molecular weight excluding hydrogens is 382 g/mol. The molecule has 0 atom stereocenters.